The zero-order valence-corrected chi connectivity index (χ0v) is 11.2. The van der Waals surface area contributed by atoms with Crippen LogP contribution in [0.25, 0.3) is 0 Å². The van der Waals surface area contributed by atoms with Gasteiger partial charge >= 0.3 is 0 Å². The number of hydrogen-bond donors (Lipinski definition) is 1. The van der Waals surface area contributed by atoms with E-state index in [-0.39, 0.29) is 28.9 Å². The van der Waals surface area contributed by atoms with E-state index in [1.54, 1.807) is 12.0 Å². The number of nitrogens with zero attached hydrogens (tertiary/aromatic N) is 2. The van der Waals surface area contributed by atoms with E-state index in [0.29, 0.717) is 13.2 Å². The average molecular weight is 279 g/mol. The summed E-state index contributed by atoms with van der Waals surface area (Å²) in [4.78, 5) is 24.4. The summed E-state index contributed by atoms with van der Waals surface area (Å²) in [6.45, 7) is 0.888. The highest BCUT2D eigenvalue weighted by Crippen LogP contribution is 2.30. The van der Waals surface area contributed by atoms with E-state index < -0.39 is 4.92 Å². The lowest BCUT2D eigenvalue weighted by atomic mass is 10.1. The van der Waals surface area contributed by atoms with Crippen LogP contribution >= 0.6 is 0 Å². The van der Waals surface area contributed by atoms with Crippen molar-refractivity contribution in [1.82, 2.24) is 4.90 Å². The molecule has 1 amide bonds. The first kappa shape index (κ1) is 14.3. The summed E-state index contributed by atoms with van der Waals surface area (Å²) < 4.78 is 5.00. The zero-order chi connectivity index (χ0) is 14.7. The Kier molecular flexibility index (Phi) is 4.19. The third-order valence-electron chi connectivity index (χ3n) is 3.26. The third kappa shape index (κ3) is 3.05. The number of rotatable bonds is 6. The molecule has 2 N–H and O–H groups in total. The Hall–Kier alpha value is -2.15. The molecule has 20 heavy (non-hydrogen) atoms. The van der Waals surface area contributed by atoms with Crippen LogP contribution in [0.1, 0.15) is 23.2 Å². The van der Waals surface area contributed by atoms with Crippen molar-refractivity contribution in [3.8, 4) is 0 Å². The quantitative estimate of drug-likeness (QED) is 0.482. The van der Waals surface area contributed by atoms with E-state index in [1.807, 2.05) is 0 Å². The number of nitrogen functional groups attached to an aromatic ring is 1. The zero-order valence-electron chi connectivity index (χ0n) is 11.2. The molecule has 7 nitrogen and oxygen atoms in total. The molecule has 1 aromatic carbocycles. The Morgan fingerprint density at radius 3 is 2.80 bits per heavy atom. The molecule has 0 aromatic heterocycles. The molecule has 0 spiro atoms. The number of amides is 1. The monoisotopic (exact) mass is 279 g/mol. The molecule has 1 fully saturated rings. The molecular weight excluding hydrogens is 262 g/mol. The molecule has 2 rings (SSSR count). The van der Waals surface area contributed by atoms with Crippen molar-refractivity contribution in [3.05, 3.63) is 33.9 Å². The van der Waals surface area contributed by atoms with Gasteiger partial charge in [-0.3, -0.25) is 14.9 Å². The molecule has 1 saturated carbocycles. The van der Waals surface area contributed by atoms with Gasteiger partial charge in [0.1, 0.15) is 0 Å². The molecule has 1 aromatic rings. The highest BCUT2D eigenvalue weighted by molar-refractivity contribution is 6.00. The summed E-state index contributed by atoms with van der Waals surface area (Å²) in [7, 11) is 1.57. The second-order valence-corrected chi connectivity index (χ2v) is 4.75. The maximum atomic E-state index is 12.5. The van der Waals surface area contributed by atoms with Crippen molar-refractivity contribution in [2.75, 3.05) is 26.0 Å². The predicted molar refractivity (Wildman–Crippen MR) is 73.4 cm³/mol. The Morgan fingerprint density at radius 2 is 2.25 bits per heavy atom. The number of carbonyl (C=O) groups excluding carboxylic acids is 1. The van der Waals surface area contributed by atoms with Gasteiger partial charge in [0.2, 0.25) is 0 Å². The Balaban J connectivity index is 2.25. The number of nitro groups is 1. The summed E-state index contributed by atoms with van der Waals surface area (Å²) in [5.41, 5.74) is 6.08. The van der Waals surface area contributed by atoms with Crippen LogP contribution in [0.4, 0.5) is 11.4 Å². The Morgan fingerprint density at radius 1 is 1.55 bits per heavy atom. The number of ether oxygens (including phenoxy) is 1. The molecule has 0 atom stereocenters. The van der Waals surface area contributed by atoms with E-state index in [9.17, 15) is 14.9 Å². The van der Waals surface area contributed by atoms with Crippen LogP contribution < -0.4 is 5.73 Å². The lowest BCUT2D eigenvalue weighted by Crippen LogP contribution is -2.36. The highest BCUT2D eigenvalue weighted by Gasteiger charge is 2.33. The lowest BCUT2D eigenvalue weighted by molar-refractivity contribution is -0.384. The minimum Gasteiger partial charge on any atom is -0.398 e. The smallest absolute Gasteiger partial charge is 0.270 e. The lowest BCUT2D eigenvalue weighted by Gasteiger charge is -2.22. The van der Waals surface area contributed by atoms with Crippen LogP contribution in [0.3, 0.4) is 0 Å². The van der Waals surface area contributed by atoms with Crippen LogP contribution in [-0.4, -0.2) is 42.0 Å². The Bertz CT molecular complexity index is 528. The van der Waals surface area contributed by atoms with Gasteiger partial charge in [-0.2, -0.15) is 0 Å². The van der Waals surface area contributed by atoms with Gasteiger partial charge in [-0.05, 0) is 18.9 Å². The van der Waals surface area contributed by atoms with Crippen LogP contribution in [0, 0.1) is 10.1 Å². The first-order valence-electron chi connectivity index (χ1n) is 6.38. The van der Waals surface area contributed by atoms with Crippen molar-refractivity contribution in [2.45, 2.75) is 18.9 Å². The van der Waals surface area contributed by atoms with Gasteiger partial charge < -0.3 is 15.4 Å². The van der Waals surface area contributed by atoms with Crippen molar-refractivity contribution in [2.24, 2.45) is 0 Å². The molecule has 0 unspecified atom stereocenters. The molecule has 0 heterocycles. The average Bonchev–Trinajstić information content (AvgIpc) is 3.23. The number of nitrogens with two attached hydrogens (primary N) is 1. The molecule has 108 valence electrons. The molecule has 1 aliphatic carbocycles. The van der Waals surface area contributed by atoms with E-state index >= 15 is 0 Å². The number of nitro benzene ring substituents is 1. The largest absolute Gasteiger partial charge is 0.398 e. The number of methoxy groups -OCH3 is 1. The summed E-state index contributed by atoms with van der Waals surface area (Å²) in [6, 6.07) is 4.12. The maximum Gasteiger partial charge on any atom is 0.270 e. The fraction of sp³-hybridized carbons (Fsp3) is 0.462. The Labute approximate surface area is 116 Å². The van der Waals surface area contributed by atoms with Crippen LogP contribution in [0.5, 0.6) is 0 Å². The van der Waals surface area contributed by atoms with E-state index in [2.05, 4.69) is 0 Å². The standard InChI is InChI=1S/C13H17N3O4/c1-20-7-6-15(9-2-3-9)13(17)11-8-10(16(18)19)4-5-12(11)14/h4-5,8-9H,2-3,6-7,14H2,1H3. The van der Waals surface area contributed by atoms with Gasteiger partial charge in [0.05, 0.1) is 17.1 Å². The number of non-ortho nitro benzene ring substituents is 1. The minimum atomic E-state index is -0.535. The van der Waals surface area contributed by atoms with Gasteiger partial charge in [0.15, 0.2) is 0 Å². The van der Waals surface area contributed by atoms with Gasteiger partial charge in [0.25, 0.3) is 11.6 Å². The van der Waals surface area contributed by atoms with Gasteiger partial charge in [-0.1, -0.05) is 0 Å². The first-order chi connectivity index (χ1) is 9.54. The van der Waals surface area contributed by atoms with E-state index in [4.69, 9.17) is 10.5 Å². The summed E-state index contributed by atoms with van der Waals surface area (Å²) in [5, 5.41) is 10.8. The van der Waals surface area contributed by atoms with Crippen LogP contribution in [0.15, 0.2) is 18.2 Å². The fourth-order valence-corrected chi connectivity index (χ4v) is 2.02. The van der Waals surface area contributed by atoms with Gasteiger partial charge in [-0.15, -0.1) is 0 Å². The highest BCUT2D eigenvalue weighted by atomic mass is 16.6. The maximum absolute atomic E-state index is 12.5. The second kappa shape index (κ2) is 5.87. The first-order valence-corrected chi connectivity index (χ1v) is 6.38. The van der Waals surface area contributed by atoms with E-state index in [1.165, 1.54) is 18.2 Å². The third-order valence-corrected chi connectivity index (χ3v) is 3.26. The minimum absolute atomic E-state index is 0.134. The number of carbonyl (C=O) groups is 1. The molecule has 0 radical (unpaired) electrons. The normalized spacial score (nSPS) is 14.1. The van der Waals surface area contributed by atoms with E-state index in [0.717, 1.165) is 12.8 Å². The van der Waals surface area contributed by atoms with Gasteiger partial charge in [-0.25, -0.2) is 0 Å². The summed E-state index contributed by atoms with van der Waals surface area (Å²) in [5.74, 6) is -0.272. The predicted octanol–water partition coefficient (Wildman–Crippen LogP) is 1.43. The molecule has 0 aliphatic heterocycles. The number of hydrogen-bond acceptors (Lipinski definition) is 5. The van der Waals surface area contributed by atoms with Crippen molar-refractivity contribution in [3.63, 3.8) is 0 Å². The molecule has 0 saturated heterocycles. The topological polar surface area (TPSA) is 98.7 Å². The van der Waals surface area contributed by atoms with Crippen LogP contribution in [0.2, 0.25) is 0 Å². The molecule has 7 heteroatoms. The molecule has 0 bridgehead atoms. The molecule has 1 aliphatic rings. The van der Waals surface area contributed by atoms with Crippen LogP contribution in [-0.2, 0) is 4.74 Å². The number of benzene rings is 1. The molecular formula is C13H17N3O4. The van der Waals surface area contributed by atoms with Gasteiger partial charge in [0, 0.05) is 37.5 Å². The SMILES string of the molecule is COCCN(C(=O)c1cc([N+](=O)[O-])ccc1N)C1CC1. The van der Waals surface area contributed by atoms with Crippen molar-refractivity contribution >= 4 is 17.3 Å². The summed E-state index contributed by atoms with van der Waals surface area (Å²) >= 11 is 0. The fourth-order valence-electron chi connectivity index (χ4n) is 2.02. The number of anilines is 1. The van der Waals surface area contributed by atoms with Crippen molar-refractivity contribution < 1.29 is 14.5 Å². The summed E-state index contributed by atoms with van der Waals surface area (Å²) in [6.07, 6.45) is 1.90. The van der Waals surface area contributed by atoms with Crippen molar-refractivity contribution in [1.29, 1.82) is 0 Å². The second-order valence-electron chi connectivity index (χ2n) is 4.75.